The lowest BCUT2D eigenvalue weighted by Crippen LogP contribution is -2.48. The second kappa shape index (κ2) is 6.86. The van der Waals surface area contributed by atoms with Gasteiger partial charge in [0.05, 0.1) is 13.2 Å². The van der Waals surface area contributed by atoms with Crippen LogP contribution in [0.15, 0.2) is 24.3 Å². The van der Waals surface area contributed by atoms with Crippen LogP contribution in [0.25, 0.3) is 0 Å². The first-order valence-electron chi connectivity index (χ1n) is 7.21. The highest BCUT2D eigenvalue weighted by atomic mass is 16.5. The van der Waals surface area contributed by atoms with E-state index in [2.05, 4.69) is 36.1 Å². The molecule has 2 atom stereocenters. The van der Waals surface area contributed by atoms with E-state index < -0.39 is 6.10 Å². The highest BCUT2D eigenvalue weighted by Crippen LogP contribution is 2.21. The molecule has 0 bridgehead atoms. The van der Waals surface area contributed by atoms with E-state index in [1.165, 1.54) is 18.2 Å². The van der Waals surface area contributed by atoms with Gasteiger partial charge in [-0.05, 0) is 30.4 Å². The van der Waals surface area contributed by atoms with Crippen molar-refractivity contribution in [2.24, 2.45) is 0 Å². The summed E-state index contributed by atoms with van der Waals surface area (Å²) in [5.41, 5.74) is 2.50. The van der Waals surface area contributed by atoms with Gasteiger partial charge in [0.2, 0.25) is 0 Å². The topological polar surface area (TPSA) is 49.8 Å². The van der Waals surface area contributed by atoms with Crippen LogP contribution in [0.2, 0.25) is 0 Å². The largest absolute Gasteiger partial charge is 0.468 e. The van der Waals surface area contributed by atoms with Crippen LogP contribution in [0.3, 0.4) is 0 Å². The van der Waals surface area contributed by atoms with Gasteiger partial charge in [-0.15, -0.1) is 0 Å². The molecule has 110 valence electrons. The Bertz CT molecular complexity index is 444. The molecular formula is C16H23NO3. The van der Waals surface area contributed by atoms with Gasteiger partial charge in [0, 0.05) is 13.1 Å². The third kappa shape index (κ3) is 3.58. The number of esters is 1. The Morgan fingerprint density at radius 2 is 2.00 bits per heavy atom. The van der Waals surface area contributed by atoms with Crippen LogP contribution in [0, 0.1) is 0 Å². The minimum Gasteiger partial charge on any atom is -0.468 e. The smallest absolute Gasteiger partial charge is 0.323 e. The lowest BCUT2D eigenvalue weighted by molar-refractivity contribution is -0.150. The van der Waals surface area contributed by atoms with E-state index in [9.17, 15) is 9.90 Å². The van der Waals surface area contributed by atoms with Crippen molar-refractivity contribution in [1.82, 2.24) is 4.90 Å². The Morgan fingerprint density at radius 3 is 2.60 bits per heavy atom. The molecule has 0 unspecified atom stereocenters. The number of carbonyl (C=O) groups is 1. The fraction of sp³-hybridized carbons (Fsp3) is 0.562. The van der Waals surface area contributed by atoms with E-state index in [1.54, 1.807) is 0 Å². The zero-order valence-corrected chi connectivity index (χ0v) is 12.2. The van der Waals surface area contributed by atoms with Crippen LogP contribution in [0.5, 0.6) is 0 Å². The van der Waals surface area contributed by atoms with Gasteiger partial charge in [-0.1, -0.05) is 31.2 Å². The van der Waals surface area contributed by atoms with Crippen LogP contribution in [0.4, 0.5) is 0 Å². The van der Waals surface area contributed by atoms with E-state index in [0.29, 0.717) is 12.8 Å². The molecule has 1 aromatic carbocycles. The van der Waals surface area contributed by atoms with Crippen LogP contribution in [-0.2, 0) is 22.5 Å². The molecule has 1 N–H and O–H groups in total. The minimum absolute atomic E-state index is 0.256. The first-order valence-corrected chi connectivity index (χ1v) is 7.21. The zero-order valence-electron chi connectivity index (χ0n) is 12.2. The molecule has 0 aliphatic carbocycles. The molecule has 1 saturated heterocycles. The van der Waals surface area contributed by atoms with Crippen molar-refractivity contribution in [2.45, 2.75) is 44.9 Å². The summed E-state index contributed by atoms with van der Waals surface area (Å²) in [7, 11) is 1.40. The summed E-state index contributed by atoms with van der Waals surface area (Å²) in [5.74, 6) is -0.256. The molecule has 1 fully saturated rings. The summed E-state index contributed by atoms with van der Waals surface area (Å²) in [6, 6.07) is 8.13. The maximum absolute atomic E-state index is 11.8. The predicted molar refractivity (Wildman–Crippen MR) is 77.3 cm³/mol. The van der Waals surface area contributed by atoms with Crippen molar-refractivity contribution in [3.05, 3.63) is 35.4 Å². The van der Waals surface area contributed by atoms with Crippen LogP contribution in [-0.4, -0.2) is 41.8 Å². The van der Waals surface area contributed by atoms with Crippen LogP contribution >= 0.6 is 0 Å². The summed E-state index contributed by atoms with van der Waals surface area (Å²) in [5, 5.41) is 9.74. The van der Waals surface area contributed by atoms with Gasteiger partial charge in [0.15, 0.2) is 0 Å². The molecule has 1 aliphatic heterocycles. The van der Waals surface area contributed by atoms with Gasteiger partial charge in [0.25, 0.3) is 0 Å². The first kappa shape index (κ1) is 15.0. The highest BCUT2D eigenvalue weighted by Gasteiger charge is 2.33. The molecule has 0 amide bonds. The van der Waals surface area contributed by atoms with Crippen molar-refractivity contribution < 1.29 is 14.6 Å². The molecule has 0 saturated carbocycles. The summed E-state index contributed by atoms with van der Waals surface area (Å²) in [4.78, 5) is 13.9. The van der Waals surface area contributed by atoms with E-state index in [0.717, 1.165) is 19.5 Å². The lowest BCUT2D eigenvalue weighted by atomic mass is 9.98. The SMILES string of the molecule is CCc1ccc(CN2CC[C@H](O)C[C@@H]2C(=O)OC)cc1. The summed E-state index contributed by atoms with van der Waals surface area (Å²) >= 11 is 0. The van der Waals surface area contributed by atoms with Gasteiger partial charge < -0.3 is 9.84 Å². The summed E-state index contributed by atoms with van der Waals surface area (Å²) in [6.07, 6.45) is 1.79. The first-order chi connectivity index (χ1) is 9.63. The normalized spacial score (nSPS) is 23.6. The van der Waals surface area contributed by atoms with Crippen molar-refractivity contribution >= 4 is 5.97 Å². The molecule has 1 aromatic rings. The van der Waals surface area contributed by atoms with E-state index in [-0.39, 0.29) is 12.0 Å². The average molecular weight is 277 g/mol. The molecule has 4 nitrogen and oxygen atoms in total. The molecule has 0 spiro atoms. The van der Waals surface area contributed by atoms with Gasteiger partial charge >= 0.3 is 5.97 Å². The van der Waals surface area contributed by atoms with Gasteiger partial charge in [-0.3, -0.25) is 9.69 Å². The summed E-state index contributed by atoms with van der Waals surface area (Å²) < 4.78 is 4.85. The number of hydrogen-bond acceptors (Lipinski definition) is 4. The van der Waals surface area contributed by atoms with Crippen LogP contribution in [0.1, 0.15) is 30.9 Å². The predicted octanol–water partition coefficient (Wildman–Crippen LogP) is 1.75. The molecular weight excluding hydrogens is 254 g/mol. The second-order valence-corrected chi connectivity index (χ2v) is 5.36. The molecule has 2 rings (SSSR count). The lowest BCUT2D eigenvalue weighted by Gasteiger charge is -2.36. The number of likely N-dealkylation sites (tertiary alicyclic amines) is 1. The molecule has 1 heterocycles. The Labute approximate surface area is 120 Å². The second-order valence-electron chi connectivity index (χ2n) is 5.36. The number of ether oxygens (including phenoxy) is 1. The fourth-order valence-electron chi connectivity index (χ4n) is 2.68. The van der Waals surface area contributed by atoms with Gasteiger partial charge in [0.1, 0.15) is 6.04 Å². The summed E-state index contributed by atoms with van der Waals surface area (Å²) in [6.45, 7) is 3.57. The van der Waals surface area contributed by atoms with Gasteiger partial charge in [-0.25, -0.2) is 0 Å². The molecule has 0 aromatic heterocycles. The fourth-order valence-corrected chi connectivity index (χ4v) is 2.68. The maximum Gasteiger partial charge on any atom is 0.323 e. The quantitative estimate of drug-likeness (QED) is 0.852. The average Bonchev–Trinajstić information content (AvgIpc) is 2.49. The van der Waals surface area contributed by atoms with Gasteiger partial charge in [-0.2, -0.15) is 0 Å². The number of nitrogens with zero attached hydrogens (tertiary/aromatic N) is 1. The molecule has 20 heavy (non-hydrogen) atoms. The molecule has 1 aliphatic rings. The zero-order chi connectivity index (χ0) is 14.5. The Hall–Kier alpha value is -1.39. The monoisotopic (exact) mass is 277 g/mol. The number of rotatable bonds is 4. The van der Waals surface area contributed by atoms with Crippen LogP contribution < -0.4 is 0 Å². The third-order valence-electron chi connectivity index (χ3n) is 3.98. The number of hydrogen-bond donors (Lipinski definition) is 1. The number of carbonyl (C=O) groups excluding carboxylic acids is 1. The number of aliphatic hydroxyl groups excluding tert-OH is 1. The Kier molecular flexibility index (Phi) is 5.15. The van der Waals surface area contributed by atoms with Crippen molar-refractivity contribution in [3.63, 3.8) is 0 Å². The number of piperidine rings is 1. The Morgan fingerprint density at radius 1 is 1.35 bits per heavy atom. The van der Waals surface area contributed by atoms with Crippen molar-refractivity contribution in [3.8, 4) is 0 Å². The third-order valence-corrected chi connectivity index (χ3v) is 3.98. The Balaban J connectivity index is 2.06. The highest BCUT2D eigenvalue weighted by molar-refractivity contribution is 5.75. The molecule has 0 radical (unpaired) electrons. The standard InChI is InChI=1S/C16H23NO3/c1-3-12-4-6-13(7-5-12)11-17-9-8-14(18)10-15(17)16(19)20-2/h4-7,14-15,18H,3,8-11H2,1-2H3/t14-,15+/m0/s1. The number of methoxy groups -OCH3 is 1. The van der Waals surface area contributed by atoms with E-state index in [1.807, 2.05) is 0 Å². The van der Waals surface area contributed by atoms with E-state index in [4.69, 9.17) is 4.74 Å². The van der Waals surface area contributed by atoms with Crippen molar-refractivity contribution in [1.29, 1.82) is 0 Å². The van der Waals surface area contributed by atoms with Crippen molar-refractivity contribution in [2.75, 3.05) is 13.7 Å². The minimum atomic E-state index is -0.405. The number of aryl methyl sites for hydroxylation is 1. The number of benzene rings is 1. The number of aliphatic hydroxyl groups is 1. The maximum atomic E-state index is 11.8. The molecule has 4 heteroatoms. The van der Waals surface area contributed by atoms with E-state index >= 15 is 0 Å².